The van der Waals surface area contributed by atoms with Gasteiger partial charge in [-0.2, -0.15) is 5.10 Å². The van der Waals surface area contributed by atoms with Crippen molar-refractivity contribution in [1.82, 2.24) is 9.78 Å². The van der Waals surface area contributed by atoms with Gasteiger partial charge in [0.25, 0.3) is 0 Å². The first-order valence-electron chi connectivity index (χ1n) is 3.97. The van der Waals surface area contributed by atoms with Crippen molar-refractivity contribution in [2.45, 2.75) is 32.4 Å². The van der Waals surface area contributed by atoms with Gasteiger partial charge in [-0.25, -0.2) is 0 Å². The second-order valence-electron chi connectivity index (χ2n) is 3.11. The lowest BCUT2D eigenvalue weighted by Crippen LogP contribution is -1.98. The molecule has 1 aliphatic carbocycles. The maximum absolute atomic E-state index is 8.80. The van der Waals surface area contributed by atoms with Crippen LogP contribution in [0.1, 0.15) is 30.3 Å². The van der Waals surface area contributed by atoms with Crippen LogP contribution in [0.25, 0.3) is 0 Å². The van der Waals surface area contributed by atoms with Crippen molar-refractivity contribution in [2.24, 2.45) is 0 Å². The molecule has 1 aromatic rings. The van der Waals surface area contributed by atoms with Crippen LogP contribution in [0.15, 0.2) is 6.07 Å². The summed E-state index contributed by atoms with van der Waals surface area (Å²) < 4.78 is 2.02. The van der Waals surface area contributed by atoms with Crippen molar-refractivity contribution >= 4 is 0 Å². The lowest BCUT2D eigenvalue weighted by Gasteiger charge is -1.98. The van der Waals surface area contributed by atoms with Crippen LogP contribution in [-0.4, -0.2) is 14.9 Å². The van der Waals surface area contributed by atoms with Crippen LogP contribution in [0.5, 0.6) is 0 Å². The van der Waals surface area contributed by atoms with Crippen molar-refractivity contribution < 1.29 is 5.11 Å². The van der Waals surface area contributed by atoms with Crippen LogP contribution in [0.2, 0.25) is 0 Å². The van der Waals surface area contributed by atoms with Crippen LogP contribution in [0.4, 0.5) is 0 Å². The van der Waals surface area contributed by atoms with E-state index in [1.165, 1.54) is 12.8 Å². The van der Waals surface area contributed by atoms with E-state index in [1.807, 2.05) is 17.7 Å². The predicted molar refractivity (Wildman–Crippen MR) is 41.2 cm³/mol. The lowest BCUT2D eigenvalue weighted by molar-refractivity contribution is 0.275. The van der Waals surface area contributed by atoms with Crippen LogP contribution < -0.4 is 0 Å². The summed E-state index contributed by atoms with van der Waals surface area (Å²) in [5, 5.41) is 13.1. The van der Waals surface area contributed by atoms with E-state index in [4.69, 9.17) is 5.11 Å². The standard InChI is InChI=1S/C8H12N2O/c1-6-4-7(5-11)9-10(6)8-2-3-8/h4,8,11H,2-3,5H2,1H3. The van der Waals surface area contributed by atoms with Crippen molar-refractivity contribution in [1.29, 1.82) is 0 Å². The maximum Gasteiger partial charge on any atom is 0.0881 e. The lowest BCUT2D eigenvalue weighted by atomic mass is 10.4. The molecule has 0 amide bonds. The minimum Gasteiger partial charge on any atom is -0.390 e. The number of hydrogen-bond acceptors (Lipinski definition) is 2. The fourth-order valence-corrected chi connectivity index (χ4v) is 1.32. The van der Waals surface area contributed by atoms with Gasteiger partial charge < -0.3 is 5.11 Å². The molecule has 1 saturated carbocycles. The molecule has 0 bridgehead atoms. The third-order valence-electron chi connectivity index (χ3n) is 2.03. The zero-order valence-corrected chi connectivity index (χ0v) is 6.62. The number of aromatic nitrogens is 2. The molecule has 2 rings (SSSR count). The molecule has 1 aromatic heterocycles. The van der Waals surface area contributed by atoms with Crippen molar-refractivity contribution in [3.63, 3.8) is 0 Å². The summed E-state index contributed by atoms with van der Waals surface area (Å²) in [5.41, 5.74) is 1.95. The Bertz CT molecular complexity index is 263. The zero-order valence-electron chi connectivity index (χ0n) is 6.62. The van der Waals surface area contributed by atoms with E-state index in [1.54, 1.807) is 0 Å². The molecule has 0 radical (unpaired) electrons. The zero-order chi connectivity index (χ0) is 7.84. The van der Waals surface area contributed by atoms with Gasteiger partial charge in [0.1, 0.15) is 0 Å². The normalized spacial score (nSPS) is 17.3. The SMILES string of the molecule is Cc1cc(CO)nn1C1CC1. The van der Waals surface area contributed by atoms with Gasteiger partial charge in [-0.05, 0) is 25.8 Å². The predicted octanol–water partition coefficient (Wildman–Crippen LogP) is 1.02. The van der Waals surface area contributed by atoms with Crippen LogP contribution >= 0.6 is 0 Å². The molecule has 1 fully saturated rings. The van der Waals surface area contributed by atoms with Gasteiger partial charge in [-0.15, -0.1) is 0 Å². The van der Waals surface area contributed by atoms with Crippen LogP contribution in [0, 0.1) is 6.92 Å². The Morgan fingerprint density at radius 2 is 2.45 bits per heavy atom. The van der Waals surface area contributed by atoms with Gasteiger partial charge in [0.15, 0.2) is 0 Å². The number of aryl methyl sites for hydroxylation is 1. The molecule has 0 unspecified atom stereocenters. The summed E-state index contributed by atoms with van der Waals surface area (Å²) in [4.78, 5) is 0. The first-order valence-corrected chi connectivity index (χ1v) is 3.97. The highest BCUT2D eigenvalue weighted by atomic mass is 16.3. The topological polar surface area (TPSA) is 38.1 Å². The fraction of sp³-hybridized carbons (Fsp3) is 0.625. The molecule has 1 heterocycles. The monoisotopic (exact) mass is 152 g/mol. The van der Waals surface area contributed by atoms with Gasteiger partial charge >= 0.3 is 0 Å². The second kappa shape index (κ2) is 2.34. The molecule has 11 heavy (non-hydrogen) atoms. The quantitative estimate of drug-likeness (QED) is 0.687. The Balaban J connectivity index is 2.30. The van der Waals surface area contributed by atoms with E-state index < -0.39 is 0 Å². The van der Waals surface area contributed by atoms with E-state index in [2.05, 4.69) is 5.10 Å². The molecule has 0 aliphatic heterocycles. The molecule has 0 atom stereocenters. The number of nitrogens with zero attached hydrogens (tertiary/aromatic N) is 2. The minimum absolute atomic E-state index is 0.0561. The number of aliphatic hydroxyl groups excluding tert-OH is 1. The van der Waals surface area contributed by atoms with Gasteiger partial charge in [-0.1, -0.05) is 0 Å². The average molecular weight is 152 g/mol. The summed E-state index contributed by atoms with van der Waals surface area (Å²) in [6.45, 7) is 2.09. The molecule has 3 heteroatoms. The highest BCUT2D eigenvalue weighted by Crippen LogP contribution is 2.35. The van der Waals surface area contributed by atoms with Gasteiger partial charge in [0, 0.05) is 5.69 Å². The Hall–Kier alpha value is -0.830. The maximum atomic E-state index is 8.80. The minimum atomic E-state index is 0.0561. The van der Waals surface area contributed by atoms with E-state index in [-0.39, 0.29) is 6.61 Å². The van der Waals surface area contributed by atoms with Crippen molar-refractivity contribution in [2.75, 3.05) is 0 Å². The summed E-state index contributed by atoms with van der Waals surface area (Å²) in [5.74, 6) is 0. The van der Waals surface area contributed by atoms with E-state index >= 15 is 0 Å². The van der Waals surface area contributed by atoms with Gasteiger partial charge in [0.2, 0.25) is 0 Å². The molecular formula is C8H12N2O. The first-order chi connectivity index (χ1) is 5.31. The molecule has 60 valence electrons. The first kappa shape index (κ1) is 6.85. The Kier molecular flexibility index (Phi) is 1.46. The van der Waals surface area contributed by atoms with Crippen LogP contribution in [0.3, 0.4) is 0 Å². The molecule has 0 spiro atoms. The second-order valence-corrected chi connectivity index (χ2v) is 3.11. The molecule has 0 saturated heterocycles. The highest BCUT2D eigenvalue weighted by molar-refractivity contribution is 5.09. The molecule has 3 nitrogen and oxygen atoms in total. The molecule has 0 aromatic carbocycles. The fourth-order valence-electron chi connectivity index (χ4n) is 1.32. The summed E-state index contributed by atoms with van der Waals surface area (Å²) in [6.07, 6.45) is 2.49. The smallest absolute Gasteiger partial charge is 0.0881 e. The third-order valence-corrected chi connectivity index (χ3v) is 2.03. The largest absolute Gasteiger partial charge is 0.390 e. The van der Waals surface area contributed by atoms with E-state index in [9.17, 15) is 0 Å². The summed E-state index contributed by atoms with van der Waals surface area (Å²) in [7, 11) is 0. The Morgan fingerprint density at radius 3 is 2.91 bits per heavy atom. The van der Waals surface area contributed by atoms with Crippen LogP contribution in [-0.2, 0) is 6.61 Å². The van der Waals surface area contributed by atoms with E-state index in [0.717, 1.165) is 11.4 Å². The molecule has 1 aliphatic rings. The molecular weight excluding hydrogens is 140 g/mol. The van der Waals surface area contributed by atoms with E-state index in [0.29, 0.717) is 6.04 Å². The summed E-state index contributed by atoms with van der Waals surface area (Å²) in [6, 6.07) is 2.56. The Labute approximate surface area is 65.7 Å². The van der Waals surface area contributed by atoms with Crippen molar-refractivity contribution in [3.8, 4) is 0 Å². The third kappa shape index (κ3) is 1.16. The number of rotatable bonds is 2. The van der Waals surface area contributed by atoms with Crippen molar-refractivity contribution in [3.05, 3.63) is 17.5 Å². The van der Waals surface area contributed by atoms with Gasteiger partial charge in [-0.3, -0.25) is 4.68 Å². The highest BCUT2D eigenvalue weighted by Gasteiger charge is 2.25. The average Bonchev–Trinajstić information content (AvgIpc) is 2.76. The molecule has 1 N–H and O–H groups in total. The Morgan fingerprint density at radius 1 is 1.73 bits per heavy atom. The summed E-state index contributed by atoms with van der Waals surface area (Å²) >= 11 is 0. The number of aliphatic hydroxyl groups is 1. The van der Waals surface area contributed by atoms with Gasteiger partial charge in [0.05, 0.1) is 18.3 Å². The number of hydrogen-bond donors (Lipinski definition) is 1.